The molecule has 2 aromatic heterocycles. The normalized spacial score (nSPS) is 11.2. The summed E-state index contributed by atoms with van der Waals surface area (Å²) in [6.45, 7) is 2.88. The van der Waals surface area contributed by atoms with Crippen LogP contribution in [0.2, 0.25) is 5.02 Å². The highest BCUT2D eigenvalue weighted by Gasteiger charge is 2.09. The number of nitrogens with zero attached hydrogens (tertiary/aromatic N) is 3. The first-order chi connectivity index (χ1) is 8.69. The summed E-state index contributed by atoms with van der Waals surface area (Å²) in [6, 6.07) is 7.59. The Morgan fingerprint density at radius 1 is 1.39 bits per heavy atom. The topological polar surface area (TPSA) is 38.5 Å². The van der Waals surface area contributed by atoms with Gasteiger partial charge in [-0.05, 0) is 37.3 Å². The molecule has 0 atom stereocenters. The number of aromatic amines is 1. The molecule has 0 fully saturated rings. The fourth-order valence-electron chi connectivity index (χ4n) is 1.96. The number of halogens is 1. The molecule has 0 saturated heterocycles. The van der Waals surface area contributed by atoms with Gasteiger partial charge >= 0.3 is 0 Å². The minimum absolute atomic E-state index is 0.619. The molecular weight excluding hydrogens is 268 g/mol. The quantitative estimate of drug-likeness (QED) is 0.728. The monoisotopic (exact) mass is 278 g/mol. The molecule has 0 amide bonds. The lowest BCUT2D eigenvalue weighted by molar-refractivity contribution is 0.653. The molecule has 0 unspecified atom stereocenters. The Bertz CT molecular complexity index is 768. The van der Waals surface area contributed by atoms with E-state index in [1.165, 1.54) is 0 Å². The molecule has 3 rings (SSSR count). The van der Waals surface area contributed by atoms with E-state index >= 15 is 0 Å². The second-order valence-corrected chi connectivity index (χ2v) is 4.78. The molecule has 1 N–H and O–H groups in total. The summed E-state index contributed by atoms with van der Waals surface area (Å²) in [5.74, 6) is 0.815. The third-order valence-electron chi connectivity index (χ3n) is 2.82. The maximum Gasteiger partial charge on any atom is 0.184 e. The Morgan fingerprint density at radius 3 is 2.94 bits per heavy atom. The Morgan fingerprint density at radius 2 is 2.22 bits per heavy atom. The molecule has 0 aliphatic rings. The zero-order valence-electron chi connectivity index (χ0n) is 9.72. The highest BCUT2D eigenvalue weighted by molar-refractivity contribution is 7.71. The molecule has 0 aliphatic carbocycles. The summed E-state index contributed by atoms with van der Waals surface area (Å²) < 4.78 is 4.40. The van der Waals surface area contributed by atoms with E-state index in [9.17, 15) is 0 Å². The predicted octanol–water partition coefficient (Wildman–Crippen LogP) is 3.56. The SMILES string of the molecule is CCn1ccc(-n2c(=S)[nH]c3cc(Cl)ccc32)n1. The predicted molar refractivity (Wildman–Crippen MR) is 74.9 cm³/mol. The largest absolute Gasteiger partial charge is 0.330 e. The average Bonchev–Trinajstić information content (AvgIpc) is 2.91. The number of aromatic nitrogens is 4. The van der Waals surface area contributed by atoms with E-state index in [2.05, 4.69) is 10.1 Å². The van der Waals surface area contributed by atoms with E-state index in [0.29, 0.717) is 9.79 Å². The van der Waals surface area contributed by atoms with Crippen molar-refractivity contribution < 1.29 is 0 Å². The third kappa shape index (κ3) is 1.76. The van der Waals surface area contributed by atoms with E-state index in [4.69, 9.17) is 23.8 Å². The van der Waals surface area contributed by atoms with Crippen LogP contribution in [-0.4, -0.2) is 19.3 Å². The van der Waals surface area contributed by atoms with E-state index in [0.717, 1.165) is 23.4 Å². The minimum atomic E-state index is 0.619. The second kappa shape index (κ2) is 4.26. The number of H-pyrrole nitrogens is 1. The highest BCUT2D eigenvalue weighted by atomic mass is 35.5. The molecule has 2 heterocycles. The minimum Gasteiger partial charge on any atom is -0.330 e. The standard InChI is InChI=1S/C12H11ClN4S/c1-2-16-6-5-11(15-16)17-10-4-3-8(13)7-9(10)14-12(17)18/h3-7H,2H2,1H3,(H,14,18). The van der Waals surface area contributed by atoms with Gasteiger partial charge in [0, 0.05) is 23.8 Å². The van der Waals surface area contributed by atoms with Crippen molar-refractivity contribution in [3.8, 4) is 5.82 Å². The Balaban J connectivity index is 2.28. The molecule has 4 nitrogen and oxygen atoms in total. The van der Waals surface area contributed by atoms with Gasteiger partial charge in [0.25, 0.3) is 0 Å². The number of rotatable bonds is 2. The van der Waals surface area contributed by atoms with Crippen LogP contribution in [0.5, 0.6) is 0 Å². The summed E-state index contributed by atoms with van der Waals surface area (Å²) in [4.78, 5) is 3.14. The molecular formula is C12H11ClN4S. The van der Waals surface area contributed by atoms with Gasteiger partial charge < -0.3 is 4.98 Å². The Hall–Kier alpha value is -1.59. The summed E-state index contributed by atoms with van der Waals surface area (Å²) in [7, 11) is 0. The van der Waals surface area contributed by atoms with Crippen molar-refractivity contribution >= 4 is 34.9 Å². The van der Waals surface area contributed by atoms with Crippen LogP contribution in [0.15, 0.2) is 30.5 Å². The fourth-order valence-corrected chi connectivity index (χ4v) is 2.43. The summed E-state index contributed by atoms with van der Waals surface area (Å²) in [6.07, 6.45) is 1.94. The molecule has 0 spiro atoms. The van der Waals surface area contributed by atoms with Crippen LogP contribution in [0.3, 0.4) is 0 Å². The van der Waals surface area contributed by atoms with Gasteiger partial charge in [0.05, 0.1) is 11.0 Å². The van der Waals surface area contributed by atoms with Gasteiger partial charge in [-0.3, -0.25) is 9.25 Å². The van der Waals surface area contributed by atoms with E-state index < -0.39 is 0 Å². The molecule has 1 aromatic carbocycles. The Labute approximate surface area is 114 Å². The summed E-state index contributed by atoms with van der Waals surface area (Å²) in [5, 5.41) is 5.15. The van der Waals surface area contributed by atoms with Gasteiger partial charge in [-0.1, -0.05) is 11.6 Å². The molecule has 3 aromatic rings. The van der Waals surface area contributed by atoms with Crippen LogP contribution in [-0.2, 0) is 6.54 Å². The van der Waals surface area contributed by atoms with E-state index in [1.807, 2.05) is 46.6 Å². The lowest BCUT2D eigenvalue weighted by Gasteiger charge is -2.00. The van der Waals surface area contributed by atoms with E-state index in [-0.39, 0.29) is 0 Å². The maximum absolute atomic E-state index is 5.97. The Kier molecular flexibility index (Phi) is 2.72. The number of hydrogen-bond donors (Lipinski definition) is 1. The van der Waals surface area contributed by atoms with Crippen molar-refractivity contribution in [2.45, 2.75) is 13.5 Å². The first kappa shape index (κ1) is 11.5. The number of nitrogens with one attached hydrogen (secondary N) is 1. The number of fused-ring (bicyclic) bond motifs is 1. The summed E-state index contributed by atoms with van der Waals surface area (Å²) in [5.41, 5.74) is 1.89. The molecule has 0 saturated carbocycles. The van der Waals surface area contributed by atoms with Gasteiger partial charge in [-0.15, -0.1) is 0 Å². The molecule has 0 bridgehead atoms. The number of imidazole rings is 1. The van der Waals surface area contributed by atoms with Crippen molar-refractivity contribution in [1.82, 2.24) is 19.3 Å². The number of benzene rings is 1. The number of hydrogen-bond acceptors (Lipinski definition) is 2. The maximum atomic E-state index is 5.97. The van der Waals surface area contributed by atoms with Gasteiger partial charge in [-0.25, -0.2) is 0 Å². The van der Waals surface area contributed by atoms with E-state index in [1.54, 1.807) is 0 Å². The molecule has 0 radical (unpaired) electrons. The number of aryl methyl sites for hydroxylation is 1. The molecule has 6 heteroatoms. The average molecular weight is 279 g/mol. The molecule has 18 heavy (non-hydrogen) atoms. The van der Waals surface area contributed by atoms with Gasteiger partial charge in [0.15, 0.2) is 10.6 Å². The zero-order valence-corrected chi connectivity index (χ0v) is 11.3. The zero-order chi connectivity index (χ0) is 12.7. The summed E-state index contributed by atoms with van der Waals surface area (Å²) >= 11 is 11.3. The lowest BCUT2D eigenvalue weighted by Crippen LogP contribution is -1.99. The molecule has 92 valence electrons. The first-order valence-electron chi connectivity index (χ1n) is 5.63. The van der Waals surface area contributed by atoms with Crippen LogP contribution < -0.4 is 0 Å². The van der Waals surface area contributed by atoms with Crippen LogP contribution in [0, 0.1) is 4.77 Å². The van der Waals surface area contributed by atoms with Crippen molar-refractivity contribution in [3.63, 3.8) is 0 Å². The van der Waals surface area contributed by atoms with Crippen LogP contribution >= 0.6 is 23.8 Å². The van der Waals surface area contributed by atoms with Crippen molar-refractivity contribution in [3.05, 3.63) is 40.3 Å². The van der Waals surface area contributed by atoms with Gasteiger partial charge in [-0.2, -0.15) is 5.10 Å². The van der Waals surface area contributed by atoms with Crippen molar-refractivity contribution in [2.24, 2.45) is 0 Å². The van der Waals surface area contributed by atoms with Crippen LogP contribution in [0.1, 0.15) is 6.92 Å². The highest BCUT2D eigenvalue weighted by Crippen LogP contribution is 2.21. The van der Waals surface area contributed by atoms with Crippen molar-refractivity contribution in [2.75, 3.05) is 0 Å². The first-order valence-corrected chi connectivity index (χ1v) is 6.42. The smallest absolute Gasteiger partial charge is 0.184 e. The molecule has 0 aliphatic heterocycles. The van der Waals surface area contributed by atoms with Crippen LogP contribution in [0.25, 0.3) is 16.9 Å². The van der Waals surface area contributed by atoms with Gasteiger partial charge in [0.2, 0.25) is 0 Å². The second-order valence-electron chi connectivity index (χ2n) is 3.96. The van der Waals surface area contributed by atoms with Crippen LogP contribution in [0.4, 0.5) is 0 Å². The van der Waals surface area contributed by atoms with Crippen molar-refractivity contribution in [1.29, 1.82) is 0 Å². The fraction of sp³-hybridized carbons (Fsp3) is 0.167. The lowest BCUT2D eigenvalue weighted by atomic mass is 10.3. The van der Waals surface area contributed by atoms with Gasteiger partial charge in [0.1, 0.15) is 0 Å². The third-order valence-corrected chi connectivity index (χ3v) is 3.34.